The standard InChI is InChI=1S/C24H33N5O.HI/c1-3-25-24(29-16-12-21(19-29)17-20-9-5-4-6-10-20)27-18-23(30)28(2)15-13-22-11-7-8-14-26-22;/h4-11,14,21H,3,12-13,15-19H2,1-2H3,(H,25,27);1H. The molecule has 1 fully saturated rings. The van der Waals surface area contributed by atoms with E-state index in [0.29, 0.717) is 12.5 Å². The van der Waals surface area contributed by atoms with E-state index in [1.807, 2.05) is 25.2 Å². The fraction of sp³-hybridized carbons (Fsp3) is 0.458. The zero-order valence-corrected chi connectivity index (χ0v) is 20.9. The summed E-state index contributed by atoms with van der Waals surface area (Å²) in [4.78, 5) is 25.5. The highest BCUT2D eigenvalue weighted by atomic mass is 127. The van der Waals surface area contributed by atoms with Crippen LogP contribution >= 0.6 is 24.0 Å². The first-order valence-corrected chi connectivity index (χ1v) is 10.9. The van der Waals surface area contributed by atoms with Gasteiger partial charge in [-0.3, -0.25) is 9.78 Å². The molecule has 31 heavy (non-hydrogen) atoms. The number of carbonyl (C=O) groups excluding carboxylic acids is 1. The van der Waals surface area contributed by atoms with Crippen LogP contribution in [0.1, 0.15) is 24.6 Å². The predicted octanol–water partition coefficient (Wildman–Crippen LogP) is 3.23. The van der Waals surface area contributed by atoms with Gasteiger partial charge in [0, 0.05) is 51.5 Å². The summed E-state index contributed by atoms with van der Waals surface area (Å²) in [5.41, 5.74) is 2.38. The average molecular weight is 535 g/mol. The molecule has 6 nitrogen and oxygen atoms in total. The second-order valence-corrected chi connectivity index (χ2v) is 7.85. The van der Waals surface area contributed by atoms with E-state index in [9.17, 15) is 4.79 Å². The Balaban J connectivity index is 0.00000341. The van der Waals surface area contributed by atoms with Crippen molar-refractivity contribution in [3.8, 4) is 0 Å². The van der Waals surface area contributed by atoms with Crippen LogP contribution in [0.15, 0.2) is 59.7 Å². The number of hydrogen-bond donors (Lipinski definition) is 1. The maximum atomic E-state index is 12.5. The van der Waals surface area contributed by atoms with E-state index >= 15 is 0 Å². The Morgan fingerprint density at radius 2 is 2.00 bits per heavy atom. The smallest absolute Gasteiger partial charge is 0.244 e. The maximum Gasteiger partial charge on any atom is 0.244 e. The van der Waals surface area contributed by atoms with Crippen molar-refractivity contribution in [2.24, 2.45) is 10.9 Å². The number of benzene rings is 1. The molecule has 1 aromatic carbocycles. The summed E-state index contributed by atoms with van der Waals surface area (Å²) < 4.78 is 0. The van der Waals surface area contributed by atoms with E-state index in [4.69, 9.17) is 0 Å². The van der Waals surface area contributed by atoms with Crippen LogP contribution in [0.4, 0.5) is 0 Å². The van der Waals surface area contributed by atoms with E-state index < -0.39 is 0 Å². The third-order valence-electron chi connectivity index (χ3n) is 5.51. The molecule has 3 rings (SSSR count). The molecule has 1 aromatic heterocycles. The summed E-state index contributed by atoms with van der Waals surface area (Å²) in [6.07, 6.45) is 4.77. The first-order chi connectivity index (χ1) is 14.7. The van der Waals surface area contributed by atoms with Gasteiger partial charge in [0.1, 0.15) is 6.54 Å². The van der Waals surface area contributed by atoms with E-state index in [2.05, 4.69) is 57.4 Å². The summed E-state index contributed by atoms with van der Waals surface area (Å²) in [6.45, 7) is 5.62. The molecule has 0 radical (unpaired) electrons. The van der Waals surface area contributed by atoms with Crippen molar-refractivity contribution >= 4 is 35.8 Å². The molecule has 0 spiro atoms. The third-order valence-corrected chi connectivity index (χ3v) is 5.51. The number of guanidine groups is 1. The molecule has 0 bridgehead atoms. The number of nitrogens with zero attached hydrogens (tertiary/aromatic N) is 4. The van der Waals surface area contributed by atoms with Crippen molar-refractivity contribution in [3.63, 3.8) is 0 Å². The van der Waals surface area contributed by atoms with Gasteiger partial charge in [0.05, 0.1) is 0 Å². The Morgan fingerprint density at radius 3 is 2.71 bits per heavy atom. The summed E-state index contributed by atoms with van der Waals surface area (Å²) in [5, 5.41) is 3.36. The second kappa shape index (κ2) is 13.3. The molecule has 1 unspecified atom stereocenters. The minimum absolute atomic E-state index is 0. The van der Waals surface area contributed by atoms with Gasteiger partial charge in [-0.15, -0.1) is 24.0 Å². The molecule has 1 atom stereocenters. The minimum atomic E-state index is 0. The van der Waals surface area contributed by atoms with Crippen molar-refractivity contribution < 1.29 is 4.79 Å². The van der Waals surface area contributed by atoms with Crippen LogP contribution in [0.5, 0.6) is 0 Å². The summed E-state index contributed by atoms with van der Waals surface area (Å²) >= 11 is 0. The zero-order chi connectivity index (χ0) is 21.2. The molecule has 1 aliphatic heterocycles. The highest BCUT2D eigenvalue weighted by molar-refractivity contribution is 14.0. The molecule has 1 amide bonds. The Labute approximate surface area is 203 Å². The number of likely N-dealkylation sites (tertiary alicyclic amines) is 1. The molecule has 2 heterocycles. The minimum Gasteiger partial charge on any atom is -0.357 e. The average Bonchev–Trinajstić information content (AvgIpc) is 3.24. The lowest BCUT2D eigenvalue weighted by molar-refractivity contribution is -0.128. The number of nitrogens with one attached hydrogen (secondary N) is 1. The molecule has 168 valence electrons. The van der Waals surface area contributed by atoms with Crippen LogP contribution in [-0.4, -0.2) is 66.4 Å². The van der Waals surface area contributed by atoms with Gasteiger partial charge in [-0.25, -0.2) is 4.99 Å². The molecule has 2 aromatic rings. The van der Waals surface area contributed by atoms with Crippen molar-refractivity contribution in [1.29, 1.82) is 0 Å². The number of rotatable bonds is 8. The van der Waals surface area contributed by atoms with Crippen LogP contribution in [0.3, 0.4) is 0 Å². The molecular formula is C24H34IN5O. The van der Waals surface area contributed by atoms with Gasteiger partial charge in [-0.1, -0.05) is 36.4 Å². The van der Waals surface area contributed by atoms with Crippen LogP contribution in [0.2, 0.25) is 0 Å². The molecule has 1 N–H and O–H groups in total. The fourth-order valence-corrected chi connectivity index (χ4v) is 3.78. The zero-order valence-electron chi connectivity index (χ0n) is 18.5. The van der Waals surface area contributed by atoms with E-state index in [1.54, 1.807) is 11.1 Å². The van der Waals surface area contributed by atoms with Crippen molar-refractivity contribution in [2.75, 3.05) is 39.8 Å². The Bertz CT molecular complexity index is 815. The van der Waals surface area contributed by atoms with Crippen molar-refractivity contribution in [3.05, 3.63) is 66.0 Å². The number of hydrogen-bond acceptors (Lipinski definition) is 3. The predicted molar refractivity (Wildman–Crippen MR) is 137 cm³/mol. The van der Waals surface area contributed by atoms with Gasteiger partial charge in [-0.2, -0.15) is 0 Å². The molecular weight excluding hydrogens is 501 g/mol. The van der Waals surface area contributed by atoms with Gasteiger partial charge in [-0.05, 0) is 43.4 Å². The number of aliphatic imine (C=N–C) groups is 1. The topological polar surface area (TPSA) is 60.8 Å². The van der Waals surface area contributed by atoms with Crippen molar-refractivity contribution in [2.45, 2.75) is 26.2 Å². The third kappa shape index (κ3) is 8.12. The molecule has 1 aliphatic rings. The largest absolute Gasteiger partial charge is 0.357 e. The lowest BCUT2D eigenvalue weighted by Crippen LogP contribution is -2.41. The normalized spacial score (nSPS) is 16.0. The SMILES string of the molecule is CCNC(=NCC(=O)N(C)CCc1ccccn1)N1CCC(Cc2ccccc2)C1.I. The van der Waals surface area contributed by atoms with Gasteiger partial charge < -0.3 is 15.1 Å². The van der Waals surface area contributed by atoms with Gasteiger partial charge in [0.25, 0.3) is 0 Å². The number of carbonyl (C=O) groups is 1. The van der Waals surface area contributed by atoms with Gasteiger partial charge >= 0.3 is 0 Å². The maximum absolute atomic E-state index is 12.5. The van der Waals surface area contributed by atoms with E-state index in [-0.39, 0.29) is 36.4 Å². The molecule has 7 heteroatoms. The quantitative estimate of drug-likeness (QED) is 0.321. The lowest BCUT2D eigenvalue weighted by atomic mass is 9.99. The summed E-state index contributed by atoms with van der Waals surface area (Å²) in [5.74, 6) is 1.49. The van der Waals surface area contributed by atoms with Crippen LogP contribution < -0.4 is 5.32 Å². The van der Waals surface area contributed by atoms with Crippen LogP contribution in [0.25, 0.3) is 0 Å². The lowest BCUT2D eigenvalue weighted by Gasteiger charge is -2.22. The van der Waals surface area contributed by atoms with E-state index in [1.165, 1.54) is 5.56 Å². The molecule has 1 saturated heterocycles. The highest BCUT2D eigenvalue weighted by Gasteiger charge is 2.25. The Morgan fingerprint density at radius 1 is 1.23 bits per heavy atom. The summed E-state index contributed by atoms with van der Waals surface area (Å²) in [6, 6.07) is 16.5. The monoisotopic (exact) mass is 535 g/mol. The van der Waals surface area contributed by atoms with Crippen LogP contribution in [0, 0.1) is 5.92 Å². The number of likely N-dealkylation sites (N-methyl/N-ethyl adjacent to an activating group) is 1. The van der Waals surface area contributed by atoms with Crippen molar-refractivity contribution in [1.82, 2.24) is 20.1 Å². The number of pyridine rings is 1. The van der Waals surface area contributed by atoms with Crippen LogP contribution in [-0.2, 0) is 17.6 Å². The number of amides is 1. The van der Waals surface area contributed by atoms with Gasteiger partial charge in [0.15, 0.2) is 5.96 Å². The Hall–Kier alpha value is -2.16. The number of aromatic nitrogens is 1. The Kier molecular flexibility index (Phi) is 10.8. The fourth-order valence-electron chi connectivity index (χ4n) is 3.78. The van der Waals surface area contributed by atoms with E-state index in [0.717, 1.165) is 50.6 Å². The summed E-state index contributed by atoms with van der Waals surface area (Å²) in [7, 11) is 1.83. The number of halogens is 1. The molecule has 0 aliphatic carbocycles. The second-order valence-electron chi connectivity index (χ2n) is 7.85. The first kappa shape index (κ1) is 25.1. The molecule has 0 saturated carbocycles. The highest BCUT2D eigenvalue weighted by Crippen LogP contribution is 2.20. The van der Waals surface area contributed by atoms with Gasteiger partial charge in [0.2, 0.25) is 5.91 Å². The first-order valence-electron chi connectivity index (χ1n) is 10.9.